The van der Waals surface area contributed by atoms with Crippen molar-refractivity contribution in [3.63, 3.8) is 0 Å². The Morgan fingerprint density at radius 3 is 3.33 bits per heavy atom. The smallest absolute Gasteiger partial charge is 0.133 e. The zero-order chi connectivity index (χ0) is 8.39. The molecule has 3 heteroatoms. The second kappa shape index (κ2) is 3.46. The summed E-state index contributed by atoms with van der Waals surface area (Å²) in [5.74, 6) is 1.08. The number of nitrogens with one attached hydrogen (secondary N) is 1. The summed E-state index contributed by atoms with van der Waals surface area (Å²) in [6.07, 6.45) is 2.38. The molecule has 66 valence electrons. The van der Waals surface area contributed by atoms with Crippen molar-refractivity contribution in [2.24, 2.45) is 0 Å². The number of ether oxygens (including phenoxy) is 1. The van der Waals surface area contributed by atoms with E-state index in [-0.39, 0.29) is 0 Å². The van der Waals surface area contributed by atoms with E-state index >= 15 is 0 Å². The van der Waals surface area contributed by atoms with Crippen molar-refractivity contribution in [1.82, 2.24) is 5.32 Å². The van der Waals surface area contributed by atoms with E-state index in [1.54, 1.807) is 18.4 Å². The average molecular weight is 183 g/mol. The molecular weight excluding hydrogens is 170 g/mol. The van der Waals surface area contributed by atoms with Gasteiger partial charge in [-0.3, -0.25) is 0 Å². The Labute approximate surface area is 76.6 Å². The van der Waals surface area contributed by atoms with Crippen LogP contribution in [0.5, 0.6) is 5.75 Å². The number of rotatable bonds is 1. The molecule has 0 fully saturated rings. The van der Waals surface area contributed by atoms with Gasteiger partial charge in [0.15, 0.2) is 0 Å². The Bertz CT molecular complexity index is 269. The lowest BCUT2D eigenvalue weighted by atomic mass is 10.1. The molecule has 0 amide bonds. The maximum atomic E-state index is 5.29. The summed E-state index contributed by atoms with van der Waals surface area (Å²) in [5.41, 5.74) is 1.42. The van der Waals surface area contributed by atoms with Gasteiger partial charge in [0.05, 0.1) is 7.11 Å². The molecule has 0 atom stereocenters. The predicted octanol–water partition coefficient (Wildman–Crippen LogP) is 1.79. The average Bonchev–Trinajstić information content (AvgIpc) is 2.33. The van der Waals surface area contributed by atoms with E-state index in [0.29, 0.717) is 0 Å². The summed E-state index contributed by atoms with van der Waals surface area (Å²) >= 11 is 1.80. The highest BCUT2D eigenvalue weighted by molar-refractivity contribution is 7.10. The first kappa shape index (κ1) is 8.08. The van der Waals surface area contributed by atoms with Crippen LogP contribution in [-0.2, 0) is 13.0 Å². The Kier molecular flexibility index (Phi) is 2.33. The molecule has 0 radical (unpaired) electrons. The fourth-order valence-electron chi connectivity index (χ4n) is 1.58. The lowest BCUT2D eigenvalue weighted by molar-refractivity contribution is 0.411. The highest BCUT2D eigenvalue weighted by Gasteiger charge is 2.13. The molecule has 1 aliphatic rings. The first-order valence-corrected chi connectivity index (χ1v) is 5.13. The van der Waals surface area contributed by atoms with Crippen LogP contribution >= 0.6 is 11.3 Å². The van der Waals surface area contributed by atoms with Gasteiger partial charge in [0.25, 0.3) is 0 Å². The molecule has 1 aliphatic heterocycles. The molecule has 0 unspecified atom stereocenters. The molecule has 2 heterocycles. The van der Waals surface area contributed by atoms with Crippen LogP contribution in [0.4, 0.5) is 0 Å². The number of fused-ring (bicyclic) bond motifs is 1. The van der Waals surface area contributed by atoms with Crippen molar-refractivity contribution < 1.29 is 4.74 Å². The van der Waals surface area contributed by atoms with E-state index in [0.717, 1.165) is 25.3 Å². The molecule has 0 aromatic carbocycles. The van der Waals surface area contributed by atoms with E-state index in [9.17, 15) is 0 Å². The second-order valence-corrected chi connectivity index (χ2v) is 3.95. The van der Waals surface area contributed by atoms with Gasteiger partial charge < -0.3 is 10.1 Å². The number of methoxy groups -OCH3 is 1. The van der Waals surface area contributed by atoms with Crippen molar-refractivity contribution in [3.05, 3.63) is 15.8 Å². The minimum absolute atomic E-state index is 1.02. The molecule has 0 saturated carbocycles. The van der Waals surface area contributed by atoms with Gasteiger partial charge in [-0.15, -0.1) is 11.3 Å². The lowest BCUT2D eigenvalue weighted by Gasteiger charge is -2.00. The van der Waals surface area contributed by atoms with Gasteiger partial charge in [-0.05, 0) is 19.4 Å². The predicted molar refractivity (Wildman–Crippen MR) is 50.9 cm³/mol. The van der Waals surface area contributed by atoms with E-state index in [2.05, 4.69) is 10.7 Å². The molecule has 12 heavy (non-hydrogen) atoms. The monoisotopic (exact) mass is 183 g/mol. The summed E-state index contributed by atoms with van der Waals surface area (Å²) in [6, 6.07) is 0. The molecule has 1 aromatic heterocycles. The van der Waals surface area contributed by atoms with Gasteiger partial charge in [-0.25, -0.2) is 0 Å². The van der Waals surface area contributed by atoms with Crippen LogP contribution in [0.3, 0.4) is 0 Å². The minimum atomic E-state index is 1.02. The van der Waals surface area contributed by atoms with Gasteiger partial charge in [0.2, 0.25) is 0 Å². The quantitative estimate of drug-likeness (QED) is 0.716. The second-order valence-electron chi connectivity index (χ2n) is 2.99. The first-order valence-electron chi connectivity index (χ1n) is 4.26. The normalized spacial score (nSPS) is 16.8. The maximum absolute atomic E-state index is 5.29. The lowest BCUT2D eigenvalue weighted by Crippen LogP contribution is -2.11. The Balaban J connectivity index is 2.32. The largest absolute Gasteiger partial charge is 0.496 e. The third kappa shape index (κ3) is 1.34. The van der Waals surface area contributed by atoms with Gasteiger partial charge >= 0.3 is 0 Å². The van der Waals surface area contributed by atoms with Gasteiger partial charge in [-0.1, -0.05) is 0 Å². The zero-order valence-corrected chi connectivity index (χ0v) is 8.04. The molecular formula is C9H13NOS. The summed E-state index contributed by atoms with van der Waals surface area (Å²) in [7, 11) is 1.75. The molecule has 0 saturated heterocycles. The van der Waals surface area contributed by atoms with Crippen molar-refractivity contribution >= 4 is 11.3 Å². The molecule has 1 aromatic rings. The fraction of sp³-hybridized carbons (Fsp3) is 0.556. The molecule has 1 N–H and O–H groups in total. The van der Waals surface area contributed by atoms with Crippen molar-refractivity contribution in [2.45, 2.75) is 19.4 Å². The first-order chi connectivity index (χ1) is 5.92. The van der Waals surface area contributed by atoms with Gasteiger partial charge in [0, 0.05) is 22.4 Å². The number of hydrogen-bond donors (Lipinski definition) is 1. The van der Waals surface area contributed by atoms with Crippen molar-refractivity contribution in [3.8, 4) is 5.75 Å². The highest BCUT2D eigenvalue weighted by Crippen LogP contribution is 2.31. The molecule has 0 aliphatic carbocycles. The van der Waals surface area contributed by atoms with Crippen LogP contribution in [0.1, 0.15) is 16.9 Å². The van der Waals surface area contributed by atoms with Crippen LogP contribution in [-0.4, -0.2) is 13.7 Å². The van der Waals surface area contributed by atoms with Crippen LogP contribution in [0, 0.1) is 0 Å². The van der Waals surface area contributed by atoms with Gasteiger partial charge in [0.1, 0.15) is 5.75 Å². The van der Waals surface area contributed by atoms with Gasteiger partial charge in [-0.2, -0.15) is 0 Å². The molecule has 0 spiro atoms. The summed E-state index contributed by atoms with van der Waals surface area (Å²) < 4.78 is 5.29. The standard InChI is InChI=1S/C9H13NOS/c1-11-8-6-12-9-5-10-4-2-3-7(8)9/h6,10H,2-5H2,1H3. The third-order valence-electron chi connectivity index (χ3n) is 2.23. The van der Waals surface area contributed by atoms with E-state index < -0.39 is 0 Å². The SMILES string of the molecule is COc1csc2c1CCCNC2. The van der Waals surface area contributed by atoms with E-state index in [4.69, 9.17) is 4.74 Å². The number of thiophene rings is 1. The molecule has 0 bridgehead atoms. The van der Waals surface area contributed by atoms with E-state index in [1.807, 2.05) is 0 Å². The number of hydrogen-bond acceptors (Lipinski definition) is 3. The third-order valence-corrected chi connectivity index (χ3v) is 3.24. The van der Waals surface area contributed by atoms with Crippen LogP contribution in [0.25, 0.3) is 0 Å². The van der Waals surface area contributed by atoms with Crippen LogP contribution in [0.2, 0.25) is 0 Å². The maximum Gasteiger partial charge on any atom is 0.133 e. The Hall–Kier alpha value is -0.540. The Morgan fingerprint density at radius 1 is 1.58 bits per heavy atom. The van der Waals surface area contributed by atoms with Crippen molar-refractivity contribution in [2.75, 3.05) is 13.7 Å². The zero-order valence-electron chi connectivity index (χ0n) is 7.22. The van der Waals surface area contributed by atoms with Crippen molar-refractivity contribution in [1.29, 1.82) is 0 Å². The summed E-state index contributed by atoms with van der Waals surface area (Å²) in [4.78, 5) is 1.45. The molecule has 2 rings (SSSR count). The van der Waals surface area contributed by atoms with Crippen LogP contribution < -0.4 is 10.1 Å². The summed E-state index contributed by atoms with van der Waals surface area (Å²) in [5, 5.41) is 5.50. The highest BCUT2D eigenvalue weighted by atomic mass is 32.1. The molecule has 2 nitrogen and oxygen atoms in total. The van der Waals surface area contributed by atoms with E-state index in [1.165, 1.54) is 16.9 Å². The summed E-state index contributed by atoms with van der Waals surface area (Å²) in [6.45, 7) is 2.15. The fourth-order valence-corrected chi connectivity index (χ4v) is 2.60. The topological polar surface area (TPSA) is 21.3 Å². The van der Waals surface area contributed by atoms with Crippen LogP contribution in [0.15, 0.2) is 5.38 Å². The minimum Gasteiger partial charge on any atom is -0.496 e. The Morgan fingerprint density at radius 2 is 2.50 bits per heavy atom.